The number of rotatable bonds is 3. The highest BCUT2D eigenvalue weighted by Crippen LogP contribution is 2.10. The van der Waals surface area contributed by atoms with Crippen molar-refractivity contribution in [1.29, 1.82) is 0 Å². The lowest BCUT2D eigenvalue weighted by molar-refractivity contribution is 0.0690. The van der Waals surface area contributed by atoms with E-state index in [0.717, 1.165) is 26.2 Å². The van der Waals surface area contributed by atoms with Crippen LogP contribution in [0.5, 0.6) is 0 Å². The number of aromatic nitrogens is 2. The number of hydrogen-bond acceptors (Lipinski definition) is 6. The molecule has 2 rings (SSSR count). The third-order valence-corrected chi connectivity index (χ3v) is 2.67. The van der Waals surface area contributed by atoms with Crippen molar-refractivity contribution in [3.05, 3.63) is 18.1 Å². The first-order chi connectivity index (χ1) is 8.16. The zero-order valence-corrected chi connectivity index (χ0v) is 9.63. The predicted molar refractivity (Wildman–Crippen MR) is 61.7 cm³/mol. The van der Waals surface area contributed by atoms with Gasteiger partial charge in [-0.05, 0) is 7.05 Å². The Morgan fingerprint density at radius 3 is 2.59 bits per heavy atom. The normalized spacial score (nSPS) is 17.9. The minimum Gasteiger partial charge on any atom is -0.476 e. The third-order valence-electron chi connectivity index (χ3n) is 2.67. The van der Waals surface area contributed by atoms with E-state index in [1.54, 1.807) is 0 Å². The van der Waals surface area contributed by atoms with Crippen molar-refractivity contribution in [2.75, 3.05) is 38.7 Å². The number of likely N-dealkylation sites (N-methyl/N-ethyl adjacent to an activating group) is 1. The number of hydrazine groups is 1. The second kappa shape index (κ2) is 5.07. The zero-order valence-electron chi connectivity index (χ0n) is 9.63. The molecule has 0 unspecified atom stereocenters. The molecule has 1 aromatic rings. The fourth-order valence-corrected chi connectivity index (χ4v) is 1.64. The van der Waals surface area contributed by atoms with Gasteiger partial charge in [0, 0.05) is 38.6 Å². The zero-order chi connectivity index (χ0) is 12.3. The van der Waals surface area contributed by atoms with Gasteiger partial charge in [-0.15, -0.1) is 0 Å². The Morgan fingerprint density at radius 1 is 1.29 bits per heavy atom. The maximum atomic E-state index is 10.9. The number of carboxylic acids is 1. The van der Waals surface area contributed by atoms with E-state index in [1.165, 1.54) is 12.4 Å². The van der Waals surface area contributed by atoms with Crippen LogP contribution < -0.4 is 5.43 Å². The standard InChI is InChI=1S/C10H15N5O2/c1-14-4-6-15(7-5-14)13-9-8(10(16)17)11-2-3-12-9/h2-3H,4-7H2,1H3,(H,12,13)(H,16,17). The molecule has 2 N–H and O–H groups in total. The van der Waals surface area contributed by atoms with Crippen LogP contribution in [-0.4, -0.2) is 64.2 Å². The highest BCUT2D eigenvalue weighted by atomic mass is 16.4. The second-order valence-electron chi connectivity index (χ2n) is 3.96. The molecule has 0 radical (unpaired) electrons. The Hall–Kier alpha value is -1.73. The van der Waals surface area contributed by atoms with Crippen molar-refractivity contribution < 1.29 is 9.90 Å². The minimum absolute atomic E-state index is 0.0496. The molecule has 0 saturated carbocycles. The summed E-state index contributed by atoms with van der Waals surface area (Å²) in [5.74, 6) is -0.778. The molecule has 17 heavy (non-hydrogen) atoms. The highest BCUT2D eigenvalue weighted by molar-refractivity contribution is 5.90. The van der Waals surface area contributed by atoms with E-state index >= 15 is 0 Å². The number of nitrogens with one attached hydrogen (secondary N) is 1. The molecule has 1 aliphatic rings. The summed E-state index contributed by atoms with van der Waals surface area (Å²) in [4.78, 5) is 21.0. The van der Waals surface area contributed by atoms with Gasteiger partial charge in [-0.3, -0.25) is 0 Å². The minimum atomic E-state index is -1.07. The van der Waals surface area contributed by atoms with Crippen LogP contribution in [0.25, 0.3) is 0 Å². The van der Waals surface area contributed by atoms with Crippen LogP contribution in [0.4, 0.5) is 5.82 Å². The molecule has 0 spiro atoms. The van der Waals surface area contributed by atoms with Crippen LogP contribution in [-0.2, 0) is 0 Å². The lowest BCUT2D eigenvalue weighted by Crippen LogP contribution is -2.47. The summed E-state index contributed by atoms with van der Waals surface area (Å²) in [6.45, 7) is 3.53. The third kappa shape index (κ3) is 2.89. The average Bonchev–Trinajstić information content (AvgIpc) is 2.32. The first-order valence-corrected chi connectivity index (χ1v) is 5.41. The molecule has 1 saturated heterocycles. The maximum Gasteiger partial charge on any atom is 0.358 e. The predicted octanol–water partition coefficient (Wildman–Crippen LogP) is -0.251. The summed E-state index contributed by atoms with van der Waals surface area (Å²) in [6, 6.07) is 0. The molecule has 1 aromatic heterocycles. The van der Waals surface area contributed by atoms with Gasteiger partial charge in [-0.2, -0.15) is 0 Å². The quantitative estimate of drug-likeness (QED) is 0.750. The fraction of sp³-hybridized carbons (Fsp3) is 0.500. The van der Waals surface area contributed by atoms with Gasteiger partial charge in [-0.25, -0.2) is 19.8 Å². The number of hydrogen-bond donors (Lipinski definition) is 2. The molecule has 0 amide bonds. The van der Waals surface area contributed by atoms with Gasteiger partial charge in [0.1, 0.15) is 0 Å². The average molecular weight is 237 g/mol. The van der Waals surface area contributed by atoms with Gasteiger partial charge in [0.2, 0.25) is 0 Å². The van der Waals surface area contributed by atoms with Crippen LogP contribution >= 0.6 is 0 Å². The number of anilines is 1. The molecule has 1 fully saturated rings. The van der Waals surface area contributed by atoms with E-state index in [1.807, 2.05) is 5.01 Å². The Balaban J connectivity index is 2.05. The Labute approximate surface area is 99.0 Å². The highest BCUT2D eigenvalue weighted by Gasteiger charge is 2.18. The van der Waals surface area contributed by atoms with Crippen LogP contribution in [0, 0.1) is 0 Å². The van der Waals surface area contributed by atoms with Crippen LogP contribution in [0.3, 0.4) is 0 Å². The summed E-state index contributed by atoms with van der Waals surface area (Å²) in [5, 5.41) is 10.9. The van der Waals surface area contributed by atoms with Gasteiger partial charge < -0.3 is 15.4 Å². The molecule has 0 atom stereocenters. The summed E-state index contributed by atoms with van der Waals surface area (Å²) in [5.41, 5.74) is 2.95. The van der Waals surface area contributed by atoms with Crippen molar-refractivity contribution in [2.24, 2.45) is 0 Å². The molecule has 0 aliphatic carbocycles. The van der Waals surface area contributed by atoms with Crippen molar-refractivity contribution in [3.8, 4) is 0 Å². The van der Waals surface area contributed by atoms with Gasteiger partial charge in [0.05, 0.1) is 0 Å². The van der Waals surface area contributed by atoms with Crippen molar-refractivity contribution >= 4 is 11.8 Å². The smallest absolute Gasteiger partial charge is 0.358 e. The van der Waals surface area contributed by atoms with Gasteiger partial charge >= 0.3 is 5.97 Å². The maximum absolute atomic E-state index is 10.9. The first-order valence-electron chi connectivity index (χ1n) is 5.41. The van der Waals surface area contributed by atoms with E-state index in [9.17, 15) is 4.79 Å². The monoisotopic (exact) mass is 237 g/mol. The topological polar surface area (TPSA) is 81.6 Å². The molecular formula is C10H15N5O2. The van der Waals surface area contributed by atoms with Gasteiger partial charge in [0.15, 0.2) is 11.5 Å². The second-order valence-corrected chi connectivity index (χ2v) is 3.96. The summed E-state index contributed by atoms with van der Waals surface area (Å²) in [6.07, 6.45) is 2.85. The lowest BCUT2D eigenvalue weighted by Gasteiger charge is -2.32. The molecule has 7 heteroatoms. The van der Waals surface area contributed by atoms with E-state index in [4.69, 9.17) is 5.11 Å². The van der Waals surface area contributed by atoms with Crippen molar-refractivity contribution in [3.63, 3.8) is 0 Å². The van der Waals surface area contributed by atoms with Crippen LogP contribution in [0.1, 0.15) is 10.5 Å². The molecule has 0 aromatic carbocycles. The van der Waals surface area contributed by atoms with E-state index < -0.39 is 5.97 Å². The van der Waals surface area contributed by atoms with E-state index in [-0.39, 0.29) is 5.69 Å². The Kier molecular flexibility index (Phi) is 3.50. The lowest BCUT2D eigenvalue weighted by atomic mass is 10.4. The van der Waals surface area contributed by atoms with E-state index in [0.29, 0.717) is 5.82 Å². The molecule has 1 aliphatic heterocycles. The fourth-order valence-electron chi connectivity index (χ4n) is 1.64. The number of nitrogens with zero attached hydrogens (tertiary/aromatic N) is 4. The molecular weight excluding hydrogens is 222 g/mol. The van der Waals surface area contributed by atoms with Crippen molar-refractivity contribution in [1.82, 2.24) is 19.9 Å². The van der Waals surface area contributed by atoms with Crippen LogP contribution in [0.15, 0.2) is 12.4 Å². The van der Waals surface area contributed by atoms with Gasteiger partial charge in [0.25, 0.3) is 0 Å². The van der Waals surface area contributed by atoms with Gasteiger partial charge in [-0.1, -0.05) is 0 Å². The number of carboxylic acid groups (broad SMARTS) is 1. The Morgan fingerprint density at radius 2 is 1.94 bits per heavy atom. The summed E-state index contributed by atoms with van der Waals surface area (Å²) in [7, 11) is 2.06. The summed E-state index contributed by atoms with van der Waals surface area (Å²) >= 11 is 0. The van der Waals surface area contributed by atoms with Crippen LogP contribution in [0.2, 0.25) is 0 Å². The molecule has 0 bridgehead atoms. The van der Waals surface area contributed by atoms with E-state index in [2.05, 4.69) is 27.3 Å². The molecule has 7 nitrogen and oxygen atoms in total. The molecule has 92 valence electrons. The first kappa shape index (κ1) is 11.7. The van der Waals surface area contributed by atoms with Crippen molar-refractivity contribution in [2.45, 2.75) is 0 Å². The largest absolute Gasteiger partial charge is 0.476 e. The summed E-state index contributed by atoms with van der Waals surface area (Å²) < 4.78 is 0. The number of aromatic carboxylic acids is 1. The number of carbonyl (C=O) groups is 1. The molecule has 2 heterocycles. The SMILES string of the molecule is CN1CCN(Nc2nccnc2C(=O)O)CC1. The number of piperazine rings is 1. The Bertz CT molecular complexity index is 403.